The van der Waals surface area contributed by atoms with Crippen molar-refractivity contribution in [2.24, 2.45) is 0 Å². The smallest absolute Gasteiger partial charge is 0.132 e. The molecule has 0 atom stereocenters. The first-order chi connectivity index (χ1) is 9.81. The number of hydrogen-bond donors (Lipinski definition) is 1. The lowest BCUT2D eigenvalue weighted by molar-refractivity contribution is 0.439. The molecule has 3 heterocycles. The SMILES string of the molecule is Cc1cccc2c1CN(c1cc(C3CNC3)ncn1)C2. The lowest BCUT2D eigenvalue weighted by Crippen LogP contribution is -2.40. The molecule has 0 radical (unpaired) electrons. The van der Waals surface area contributed by atoms with Gasteiger partial charge in [-0.25, -0.2) is 9.97 Å². The second-order valence-electron chi connectivity index (χ2n) is 5.72. The van der Waals surface area contributed by atoms with Crippen LogP contribution in [0.3, 0.4) is 0 Å². The molecule has 4 nitrogen and oxygen atoms in total. The van der Waals surface area contributed by atoms with Crippen molar-refractivity contribution in [2.75, 3.05) is 18.0 Å². The zero-order valence-electron chi connectivity index (χ0n) is 11.6. The first kappa shape index (κ1) is 11.9. The van der Waals surface area contributed by atoms with Crippen LogP contribution in [-0.4, -0.2) is 23.1 Å². The number of anilines is 1. The molecule has 1 aromatic carbocycles. The highest BCUT2D eigenvalue weighted by Gasteiger charge is 2.24. The van der Waals surface area contributed by atoms with Crippen LogP contribution in [0.15, 0.2) is 30.6 Å². The largest absolute Gasteiger partial charge is 0.348 e. The Morgan fingerprint density at radius 1 is 1.20 bits per heavy atom. The predicted molar refractivity (Wildman–Crippen MR) is 78.7 cm³/mol. The molecule has 0 saturated carbocycles. The van der Waals surface area contributed by atoms with Crippen LogP contribution in [0.1, 0.15) is 28.3 Å². The monoisotopic (exact) mass is 266 g/mol. The van der Waals surface area contributed by atoms with Gasteiger partial charge < -0.3 is 10.2 Å². The molecule has 1 fully saturated rings. The van der Waals surface area contributed by atoms with Gasteiger partial charge in [0.25, 0.3) is 0 Å². The molecule has 2 aliphatic rings. The summed E-state index contributed by atoms with van der Waals surface area (Å²) in [7, 11) is 0. The maximum Gasteiger partial charge on any atom is 0.132 e. The average Bonchev–Trinajstić information content (AvgIpc) is 2.83. The lowest BCUT2D eigenvalue weighted by atomic mass is 9.99. The molecule has 0 spiro atoms. The molecule has 1 aromatic heterocycles. The van der Waals surface area contributed by atoms with Gasteiger partial charge in [0.05, 0.1) is 5.69 Å². The minimum Gasteiger partial charge on any atom is -0.348 e. The molecule has 4 rings (SSSR count). The van der Waals surface area contributed by atoms with Crippen LogP contribution in [0.2, 0.25) is 0 Å². The summed E-state index contributed by atoms with van der Waals surface area (Å²) in [5.74, 6) is 1.61. The molecule has 2 aliphatic heterocycles. The zero-order valence-corrected chi connectivity index (χ0v) is 11.6. The number of nitrogens with zero attached hydrogens (tertiary/aromatic N) is 3. The minimum atomic E-state index is 0.559. The Morgan fingerprint density at radius 2 is 2.10 bits per heavy atom. The summed E-state index contributed by atoms with van der Waals surface area (Å²) in [6, 6.07) is 8.71. The van der Waals surface area contributed by atoms with Gasteiger partial charge in [0.1, 0.15) is 12.1 Å². The van der Waals surface area contributed by atoms with Crippen molar-refractivity contribution in [1.82, 2.24) is 15.3 Å². The summed E-state index contributed by atoms with van der Waals surface area (Å²) < 4.78 is 0. The fourth-order valence-electron chi connectivity index (χ4n) is 3.01. The van der Waals surface area contributed by atoms with Gasteiger partial charge in [0.2, 0.25) is 0 Å². The Balaban J connectivity index is 1.62. The number of aryl methyl sites for hydroxylation is 1. The highest BCUT2D eigenvalue weighted by Crippen LogP contribution is 2.30. The summed E-state index contributed by atoms with van der Waals surface area (Å²) in [6.45, 7) is 6.18. The summed E-state index contributed by atoms with van der Waals surface area (Å²) in [5.41, 5.74) is 5.43. The third-order valence-electron chi connectivity index (χ3n) is 4.41. The van der Waals surface area contributed by atoms with E-state index in [1.54, 1.807) is 6.33 Å². The van der Waals surface area contributed by atoms with E-state index in [1.807, 2.05) is 0 Å². The lowest BCUT2D eigenvalue weighted by Gasteiger charge is -2.27. The second-order valence-corrected chi connectivity index (χ2v) is 5.72. The van der Waals surface area contributed by atoms with E-state index in [-0.39, 0.29) is 0 Å². The van der Waals surface area contributed by atoms with Crippen LogP contribution >= 0.6 is 0 Å². The van der Waals surface area contributed by atoms with E-state index in [4.69, 9.17) is 0 Å². The first-order valence-corrected chi connectivity index (χ1v) is 7.16. The van der Waals surface area contributed by atoms with Crippen molar-refractivity contribution in [1.29, 1.82) is 0 Å². The number of fused-ring (bicyclic) bond motifs is 1. The molecule has 20 heavy (non-hydrogen) atoms. The molecule has 0 aliphatic carbocycles. The van der Waals surface area contributed by atoms with Crippen LogP contribution in [0.4, 0.5) is 5.82 Å². The Kier molecular flexibility index (Phi) is 2.70. The third-order valence-corrected chi connectivity index (χ3v) is 4.41. The number of aromatic nitrogens is 2. The van der Waals surface area contributed by atoms with Crippen molar-refractivity contribution < 1.29 is 0 Å². The summed E-state index contributed by atoms with van der Waals surface area (Å²) in [4.78, 5) is 11.2. The van der Waals surface area contributed by atoms with Crippen molar-refractivity contribution in [3.05, 3.63) is 53.0 Å². The molecule has 0 amide bonds. The van der Waals surface area contributed by atoms with Gasteiger partial charge >= 0.3 is 0 Å². The first-order valence-electron chi connectivity index (χ1n) is 7.16. The van der Waals surface area contributed by atoms with E-state index in [9.17, 15) is 0 Å². The molecule has 1 saturated heterocycles. The van der Waals surface area contributed by atoms with Crippen LogP contribution < -0.4 is 10.2 Å². The number of benzene rings is 1. The molecular formula is C16H18N4. The maximum absolute atomic E-state index is 4.47. The molecule has 102 valence electrons. The Morgan fingerprint density at radius 3 is 2.85 bits per heavy atom. The normalized spacial score (nSPS) is 17.9. The van der Waals surface area contributed by atoms with Crippen LogP contribution in [0.5, 0.6) is 0 Å². The molecular weight excluding hydrogens is 248 g/mol. The summed E-state index contributed by atoms with van der Waals surface area (Å²) in [6.07, 6.45) is 1.71. The summed E-state index contributed by atoms with van der Waals surface area (Å²) >= 11 is 0. The van der Waals surface area contributed by atoms with E-state index < -0.39 is 0 Å². The van der Waals surface area contributed by atoms with Gasteiger partial charge in [-0.2, -0.15) is 0 Å². The van der Waals surface area contributed by atoms with Gasteiger partial charge in [-0.3, -0.25) is 0 Å². The molecule has 1 N–H and O–H groups in total. The number of hydrogen-bond acceptors (Lipinski definition) is 4. The Labute approximate surface area is 118 Å². The second kappa shape index (κ2) is 4.56. The Hall–Kier alpha value is -1.94. The van der Waals surface area contributed by atoms with E-state index in [1.165, 1.54) is 22.4 Å². The van der Waals surface area contributed by atoms with Crippen molar-refractivity contribution in [2.45, 2.75) is 25.9 Å². The zero-order chi connectivity index (χ0) is 13.5. The summed E-state index contributed by atoms with van der Waals surface area (Å²) in [5, 5.41) is 3.30. The minimum absolute atomic E-state index is 0.559. The quantitative estimate of drug-likeness (QED) is 0.902. The number of nitrogens with one attached hydrogen (secondary N) is 1. The Bertz CT molecular complexity index is 649. The fourth-order valence-corrected chi connectivity index (χ4v) is 3.01. The maximum atomic E-state index is 4.47. The standard InChI is InChI=1S/C16H18N4/c1-11-3-2-4-12-8-20(9-14(11)12)16-5-15(18-10-19-16)13-6-17-7-13/h2-5,10,13,17H,6-9H2,1H3. The predicted octanol–water partition coefficient (Wildman–Crippen LogP) is 1.99. The van der Waals surface area contributed by atoms with Gasteiger partial charge in [0, 0.05) is 38.2 Å². The van der Waals surface area contributed by atoms with E-state index in [0.29, 0.717) is 5.92 Å². The molecule has 0 bridgehead atoms. The van der Waals surface area contributed by atoms with Crippen molar-refractivity contribution >= 4 is 5.82 Å². The van der Waals surface area contributed by atoms with Gasteiger partial charge in [-0.05, 0) is 23.6 Å². The highest BCUT2D eigenvalue weighted by atomic mass is 15.2. The van der Waals surface area contributed by atoms with Crippen LogP contribution in [0, 0.1) is 6.92 Å². The van der Waals surface area contributed by atoms with E-state index in [2.05, 4.69) is 51.4 Å². The molecule has 0 unspecified atom stereocenters. The van der Waals surface area contributed by atoms with E-state index >= 15 is 0 Å². The van der Waals surface area contributed by atoms with Gasteiger partial charge in [0.15, 0.2) is 0 Å². The van der Waals surface area contributed by atoms with Gasteiger partial charge in [-0.1, -0.05) is 18.2 Å². The third kappa shape index (κ3) is 1.88. The van der Waals surface area contributed by atoms with E-state index in [0.717, 1.165) is 32.0 Å². The van der Waals surface area contributed by atoms with Crippen LogP contribution in [-0.2, 0) is 13.1 Å². The highest BCUT2D eigenvalue weighted by molar-refractivity contribution is 5.50. The topological polar surface area (TPSA) is 41.0 Å². The van der Waals surface area contributed by atoms with Gasteiger partial charge in [-0.15, -0.1) is 0 Å². The van der Waals surface area contributed by atoms with Crippen molar-refractivity contribution in [3.63, 3.8) is 0 Å². The molecule has 4 heteroatoms. The average molecular weight is 266 g/mol. The van der Waals surface area contributed by atoms with Crippen LogP contribution in [0.25, 0.3) is 0 Å². The van der Waals surface area contributed by atoms with Crippen molar-refractivity contribution in [3.8, 4) is 0 Å². The number of rotatable bonds is 2. The molecule has 2 aromatic rings. The fraction of sp³-hybridized carbons (Fsp3) is 0.375.